The normalized spacial score (nSPS) is 11.6. The molecule has 0 aliphatic heterocycles. The lowest BCUT2D eigenvalue weighted by molar-refractivity contribution is -0.156. The van der Waals surface area contributed by atoms with Crippen molar-refractivity contribution in [3.05, 3.63) is 42.0 Å². The predicted molar refractivity (Wildman–Crippen MR) is 93.6 cm³/mol. The van der Waals surface area contributed by atoms with Gasteiger partial charge in [-0.25, -0.2) is 4.39 Å². The van der Waals surface area contributed by atoms with Crippen LogP contribution in [0.1, 0.15) is 32.8 Å². The second-order valence-electron chi connectivity index (χ2n) is 6.95. The number of benzene rings is 1. The summed E-state index contributed by atoms with van der Waals surface area (Å²) in [6.07, 6.45) is 4.33. The molecule has 25 heavy (non-hydrogen) atoms. The Balaban J connectivity index is 1.81. The van der Waals surface area contributed by atoms with Crippen LogP contribution in [0.25, 0.3) is 11.1 Å². The van der Waals surface area contributed by atoms with Crippen molar-refractivity contribution in [1.82, 2.24) is 9.78 Å². The number of carbonyl (C=O) groups is 1. The highest BCUT2D eigenvalue weighted by Crippen LogP contribution is 2.21. The molecule has 136 valence electrons. The summed E-state index contributed by atoms with van der Waals surface area (Å²) < 4.78 is 26.2. The zero-order chi connectivity index (χ0) is 18.4. The average molecular weight is 348 g/mol. The van der Waals surface area contributed by atoms with Crippen LogP contribution in [-0.4, -0.2) is 34.6 Å². The van der Waals surface area contributed by atoms with Gasteiger partial charge >= 0.3 is 5.97 Å². The molecule has 0 radical (unpaired) electrons. The van der Waals surface area contributed by atoms with E-state index >= 15 is 0 Å². The van der Waals surface area contributed by atoms with Crippen molar-refractivity contribution < 1.29 is 18.7 Å². The molecule has 0 fully saturated rings. The Bertz CT molecular complexity index is 720. The van der Waals surface area contributed by atoms with Gasteiger partial charge in [-0.3, -0.25) is 9.48 Å². The van der Waals surface area contributed by atoms with Gasteiger partial charge in [0, 0.05) is 18.8 Å². The van der Waals surface area contributed by atoms with Crippen LogP contribution in [0.5, 0.6) is 0 Å². The Hall–Kier alpha value is -2.21. The number of ether oxygens (including phenoxy) is 2. The maximum absolute atomic E-state index is 13.8. The quantitative estimate of drug-likeness (QED) is 0.567. The molecule has 0 N–H and O–H groups in total. The van der Waals surface area contributed by atoms with E-state index in [2.05, 4.69) is 5.10 Å². The lowest BCUT2D eigenvalue weighted by Gasteiger charge is -2.19. The van der Waals surface area contributed by atoms with Gasteiger partial charge in [0.1, 0.15) is 11.4 Å². The largest absolute Gasteiger partial charge is 0.460 e. The number of hydrogen-bond acceptors (Lipinski definition) is 4. The molecule has 0 spiro atoms. The van der Waals surface area contributed by atoms with Gasteiger partial charge < -0.3 is 9.47 Å². The highest BCUT2D eigenvalue weighted by molar-refractivity contribution is 5.69. The third kappa shape index (κ3) is 6.66. The number of aromatic nitrogens is 2. The average Bonchev–Trinajstić information content (AvgIpc) is 2.91. The van der Waals surface area contributed by atoms with Gasteiger partial charge in [0.25, 0.3) is 0 Å². The van der Waals surface area contributed by atoms with E-state index in [-0.39, 0.29) is 18.2 Å². The molecule has 0 aliphatic carbocycles. The van der Waals surface area contributed by atoms with Gasteiger partial charge in [0.2, 0.25) is 0 Å². The van der Waals surface area contributed by atoms with Crippen LogP contribution in [0.4, 0.5) is 4.39 Å². The lowest BCUT2D eigenvalue weighted by atomic mass is 10.0. The van der Waals surface area contributed by atoms with E-state index in [1.54, 1.807) is 10.9 Å². The van der Waals surface area contributed by atoms with Crippen molar-refractivity contribution in [2.45, 2.75) is 39.2 Å². The van der Waals surface area contributed by atoms with Gasteiger partial charge in [-0.15, -0.1) is 0 Å². The second kappa shape index (κ2) is 8.25. The molecule has 2 aromatic rings. The maximum atomic E-state index is 13.8. The summed E-state index contributed by atoms with van der Waals surface area (Å²) >= 11 is 0. The van der Waals surface area contributed by atoms with E-state index in [0.717, 1.165) is 16.7 Å². The fourth-order valence-electron chi connectivity index (χ4n) is 2.37. The van der Waals surface area contributed by atoms with Crippen molar-refractivity contribution in [2.24, 2.45) is 7.05 Å². The molecule has 0 bridgehead atoms. The van der Waals surface area contributed by atoms with Crippen LogP contribution < -0.4 is 0 Å². The van der Waals surface area contributed by atoms with Gasteiger partial charge in [-0.05, 0) is 50.5 Å². The molecule has 0 atom stereocenters. The number of halogens is 1. The summed E-state index contributed by atoms with van der Waals surface area (Å²) in [6.45, 7) is 6.19. The van der Waals surface area contributed by atoms with Crippen LogP contribution in [0, 0.1) is 5.82 Å². The fourth-order valence-corrected chi connectivity index (χ4v) is 2.37. The van der Waals surface area contributed by atoms with E-state index in [4.69, 9.17) is 9.47 Å². The van der Waals surface area contributed by atoms with Crippen molar-refractivity contribution in [2.75, 3.05) is 13.2 Å². The molecule has 2 rings (SSSR count). The maximum Gasteiger partial charge on any atom is 0.308 e. The molecule has 0 unspecified atom stereocenters. The SMILES string of the molecule is Cn1cc(-c2cc(F)cc(CCOCCC(=O)OC(C)(C)C)c2)cn1. The standard InChI is InChI=1S/C19H25FN2O3/c1-19(2,3)25-18(23)6-8-24-7-5-14-9-15(11-17(20)10-14)16-12-21-22(4)13-16/h9-13H,5-8H2,1-4H3. The smallest absolute Gasteiger partial charge is 0.308 e. The number of esters is 1. The van der Waals surface area contributed by atoms with Crippen molar-refractivity contribution >= 4 is 5.97 Å². The first-order valence-electron chi connectivity index (χ1n) is 8.31. The van der Waals surface area contributed by atoms with Crippen LogP contribution in [-0.2, 0) is 27.7 Å². The van der Waals surface area contributed by atoms with Crippen LogP contribution in [0.2, 0.25) is 0 Å². The minimum absolute atomic E-state index is 0.210. The first kappa shape index (κ1) is 19.1. The molecule has 0 saturated carbocycles. The Morgan fingerprint density at radius 2 is 1.96 bits per heavy atom. The van der Waals surface area contributed by atoms with Gasteiger partial charge in [-0.1, -0.05) is 6.07 Å². The topological polar surface area (TPSA) is 53.4 Å². The number of rotatable bonds is 7. The molecule has 5 nitrogen and oxygen atoms in total. The first-order valence-corrected chi connectivity index (χ1v) is 8.31. The second-order valence-corrected chi connectivity index (χ2v) is 6.95. The highest BCUT2D eigenvalue weighted by atomic mass is 19.1. The molecular formula is C19H25FN2O3. The number of carbonyl (C=O) groups excluding carboxylic acids is 1. The Morgan fingerprint density at radius 3 is 2.60 bits per heavy atom. The van der Waals surface area contributed by atoms with Gasteiger partial charge in [-0.2, -0.15) is 5.10 Å². The summed E-state index contributed by atoms with van der Waals surface area (Å²) in [6, 6.07) is 4.91. The fraction of sp³-hybridized carbons (Fsp3) is 0.474. The predicted octanol–water partition coefficient (Wildman–Crippen LogP) is 3.52. The molecule has 1 aromatic carbocycles. The lowest BCUT2D eigenvalue weighted by Crippen LogP contribution is -2.24. The Morgan fingerprint density at radius 1 is 1.20 bits per heavy atom. The van der Waals surface area contributed by atoms with Crippen LogP contribution in [0.3, 0.4) is 0 Å². The van der Waals surface area contributed by atoms with Crippen LogP contribution in [0.15, 0.2) is 30.6 Å². The Kier molecular flexibility index (Phi) is 6.31. The van der Waals surface area contributed by atoms with Gasteiger partial charge in [0.05, 0.1) is 25.8 Å². The monoisotopic (exact) mass is 348 g/mol. The van der Waals surface area contributed by atoms with E-state index in [1.165, 1.54) is 12.1 Å². The van der Waals surface area contributed by atoms with Crippen molar-refractivity contribution in [3.8, 4) is 11.1 Å². The highest BCUT2D eigenvalue weighted by Gasteiger charge is 2.15. The zero-order valence-electron chi connectivity index (χ0n) is 15.2. The van der Waals surface area contributed by atoms with Crippen molar-refractivity contribution in [3.63, 3.8) is 0 Å². The first-order chi connectivity index (χ1) is 11.7. The summed E-state index contributed by atoms with van der Waals surface area (Å²) in [5, 5.41) is 4.11. The van der Waals surface area contributed by atoms with Gasteiger partial charge in [0.15, 0.2) is 0 Å². The molecule has 1 aromatic heterocycles. The minimum Gasteiger partial charge on any atom is -0.460 e. The molecule has 0 amide bonds. The van der Waals surface area contributed by atoms with Crippen LogP contribution >= 0.6 is 0 Å². The number of aryl methyl sites for hydroxylation is 1. The number of hydrogen-bond donors (Lipinski definition) is 0. The molecule has 6 heteroatoms. The summed E-state index contributed by atoms with van der Waals surface area (Å²) in [7, 11) is 1.82. The molecule has 1 heterocycles. The van der Waals surface area contributed by atoms with E-state index in [9.17, 15) is 9.18 Å². The van der Waals surface area contributed by atoms with E-state index in [0.29, 0.717) is 19.6 Å². The summed E-state index contributed by atoms with van der Waals surface area (Å²) in [5.41, 5.74) is 2.02. The third-order valence-corrected chi connectivity index (χ3v) is 3.40. The zero-order valence-corrected chi connectivity index (χ0v) is 15.2. The molecule has 0 saturated heterocycles. The molecule has 0 aliphatic rings. The van der Waals surface area contributed by atoms with E-state index < -0.39 is 5.60 Å². The minimum atomic E-state index is -0.485. The van der Waals surface area contributed by atoms with Crippen molar-refractivity contribution in [1.29, 1.82) is 0 Å². The summed E-state index contributed by atoms with van der Waals surface area (Å²) in [4.78, 5) is 11.6. The third-order valence-electron chi connectivity index (χ3n) is 3.40. The van der Waals surface area contributed by atoms with E-state index in [1.807, 2.05) is 40.1 Å². The Labute approximate surface area is 147 Å². The number of nitrogens with zero attached hydrogens (tertiary/aromatic N) is 2. The summed E-state index contributed by atoms with van der Waals surface area (Å²) in [5.74, 6) is -0.567. The molecular weight excluding hydrogens is 323 g/mol.